The fourth-order valence-corrected chi connectivity index (χ4v) is 2.55. The lowest BCUT2D eigenvalue weighted by Crippen LogP contribution is -2.35. The molecule has 0 amide bonds. The molecule has 0 bridgehead atoms. The molecule has 3 rings (SSSR count). The largest absolute Gasteiger partial charge is 0.410 e. The first kappa shape index (κ1) is 13.5. The van der Waals surface area contributed by atoms with Crippen LogP contribution < -0.4 is 5.32 Å². The van der Waals surface area contributed by atoms with Crippen LogP contribution in [0.4, 0.5) is 19.0 Å². The van der Waals surface area contributed by atoms with Crippen LogP contribution >= 0.6 is 0 Å². The van der Waals surface area contributed by atoms with Gasteiger partial charge < -0.3 is 5.32 Å². The van der Waals surface area contributed by atoms with Gasteiger partial charge in [-0.15, -0.1) is 0 Å². The maximum atomic E-state index is 13.3. The van der Waals surface area contributed by atoms with E-state index in [1.54, 1.807) is 30.3 Å². The van der Waals surface area contributed by atoms with E-state index in [0.717, 1.165) is 16.4 Å². The Morgan fingerprint density at radius 3 is 2.62 bits per heavy atom. The zero-order valence-electron chi connectivity index (χ0n) is 10.8. The Labute approximate surface area is 118 Å². The van der Waals surface area contributed by atoms with Crippen LogP contribution in [-0.2, 0) is 0 Å². The highest BCUT2D eigenvalue weighted by Gasteiger charge is 2.46. The molecule has 1 aromatic carbocycles. The van der Waals surface area contributed by atoms with Gasteiger partial charge in [-0.2, -0.15) is 23.5 Å². The molecule has 2 unspecified atom stereocenters. The van der Waals surface area contributed by atoms with Gasteiger partial charge in [0, 0.05) is 6.42 Å². The molecule has 1 aliphatic rings. The van der Waals surface area contributed by atoms with Crippen molar-refractivity contribution in [2.24, 2.45) is 0 Å². The molecule has 1 N–H and O–H groups in total. The normalized spacial score (nSPS) is 21.2. The molecule has 0 spiro atoms. The molecule has 0 fully saturated rings. The second-order valence-corrected chi connectivity index (χ2v) is 4.86. The van der Waals surface area contributed by atoms with Crippen molar-refractivity contribution in [2.45, 2.75) is 24.7 Å². The predicted molar refractivity (Wildman–Crippen MR) is 69.5 cm³/mol. The number of aromatic nitrogens is 2. The quantitative estimate of drug-likeness (QED) is 0.876. The fraction of sp³-hybridized carbons (Fsp3) is 0.286. The summed E-state index contributed by atoms with van der Waals surface area (Å²) in [7, 11) is 0. The van der Waals surface area contributed by atoms with Crippen molar-refractivity contribution in [3.63, 3.8) is 0 Å². The van der Waals surface area contributed by atoms with Crippen molar-refractivity contribution in [3.05, 3.63) is 47.7 Å². The van der Waals surface area contributed by atoms with Gasteiger partial charge in [-0.05, 0) is 5.56 Å². The van der Waals surface area contributed by atoms with Crippen molar-refractivity contribution in [1.29, 1.82) is 5.26 Å². The van der Waals surface area contributed by atoms with Crippen LogP contribution in [0.15, 0.2) is 36.5 Å². The molecule has 21 heavy (non-hydrogen) atoms. The molecule has 2 aromatic rings. The lowest BCUT2D eigenvalue weighted by atomic mass is 9.97. The van der Waals surface area contributed by atoms with Gasteiger partial charge in [0.2, 0.25) is 0 Å². The lowest BCUT2D eigenvalue weighted by molar-refractivity contribution is -0.173. The number of hydrogen-bond donors (Lipinski definition) is 1. The van der Waals surface area contributed by atoms with Gasteiger partial charge >= 0.3 is 6.18 Å². The van der Waals surface area contributed by atoms with Gasteiger partial charge in [0.05, 0.1) is 12.2 Å². The molecule has 1 aromatic heterocycles. The molecule has 7 heteroatoms. The van der Waals surface area contributed by atoms with E-state index in [1.165, 1.54) is 0 Å². The number of nitriles is 1. The maximum absolute atomic E-state index is 13.3. The summed E-state index contributed by atoms with van der Waals surface area (Å²) in [4.78, 5) is 0. The summed E-state index contributed by atoms with van der Waals surface area (Å²) in [6, 6.07) is 8.51. The first-order valence-corrected chi connectivity index (χ1v) is 6.36. The highest BCUT2D eigenvalue weighted by Crippen LogP contribution is 2.44. The van der Waals surface area contributed by atoms with E-state index in [9.17, 15) is 13.2 Å². The summed E-state index contributed by atoms with van der Waals surface area (Å²) >= 11 is 0. The topological polar surface area (TPSA) is 53.6 Å². The van der Waals surface area contributed by atoms with Crippen molar-refractivity contribution >= 4 is 5.82 Å². The monoisotopic (exact) mass is 292 g/mol. The SMILES string of the molecule is N#Cc1cnn2c1NC(c1ccccc1)CC2C(F)(F)F. The highest BCUT2D eigenvalue weighted by molar-refractivity contribution is 5.54. The van der Waals surface area contributed by atoms with Crippen molar-refractivity contribution in [2.75, 3.05) is 5.32 Å². The van der Waals surface area contributed by atoms with Gasteiger partial charge in [-0.25, -0.2) is 4.68 Å². The summed E-state index contributed by atoms with van der Waals surface area (Å²) in [5.74, 6) is 0.125. The number of benzene rings is 1. The summed E-state index contributed by atoms with van der Waals surface area (Å²) in [6.45, 7) is 0. The molecule has 1 aliphatic heterocycles. The Hall–Kier alpha value is -2.49. The number of nitrogens with one attached hydrogen (secondary N) is 1. The maximum Gasteiger partial charge on any atom is 0.410 e. The standard InChI is InChI=1S/C14H11F3N4/c15-14(16,17)12-6-11(9-4-2-1-3-5-9)20-13-10(7-18)8-19-21(12)13/h1-5,8,11-12,20H,6H2. The predicted octanol–water partition coefficient (Wildman–Crippen LogP) is 3.42. The van der Waals surface area contributed by atoms with E-state index in [-0.39, 0.29) is 17.8 Å². The minimum absolute atomic E-state index is 0.116. The van der Waals surface area contributed by atoms with Gasteiger partial charge in [-0.1, -0.05) is 30.3 Å². The molecule has 108 valence electrons. The number of fused-ring (bicyclic) bond motifs is 1. The van der Waals surface area contributed by atoms with E-state index in [2.05, 4.69) is 10.4 Å². The fourth-order valence-electron chi connectivity index (χ4n) is 2.55. The second kappa shape index (κ2) is 4.81. The Morgan fingerprint density at radius 1 is 1.29 bits per heavy atom. The lowest BCUT2D eigenvalue weighted by Gasteiger charge is -2.33. The van der Waals surface area contributed by atoms with Crippen LogP contribution in [0.1, 0.15) is 29.6 Å². The highest BCUT2D eigenvalue weighted by atomic mass is 19.4. The summed E-state index contributed by atoms with van der Waals surface area (Å²) < 4.78 is 40.6. The van der Waals surface area contributed by atoms with Gasteiger partial charge in [0.15, 0.2) is 6.04 Å². The number of rotatable bonds is 1. The van der Waals surface area contributed by atoms with E-state index >= 15 is 0 Å². The minimum atomic E-state index is -4.41. The molecule has 0 radical (unpaired) electrons. The van der Waals surface area contributed by atoms with Gasteiger partial charge in [-0.3, -0.25) is 0 Å². The number of alkyl halides is 3. The van der Waals surface area contributed by atoms with E-state index in [1.807, 2.05) is 6.07 Å². The van der Waals surface area contributed by atoms with Crippen LogP contribution in [0.5, 0.6) is 0 Å². The zero-order valence-corrected chi connectivity index (χ0v) is 10.8. The Morgan fingerprint density at radius 2 is 2.00 bits per heavy atom. The average molecular weight is 292 g/mol. The van der Waals surface area contributed by atoms with Crippen molar-refractivity contribution in [1.82, 2.24) is 9.78 Å². The molecule has 0 saturated carbocycles. The summed E-state index contributed by atoms with van der Waals surface area (Å²) in [5.41, 5.74) is 0.868. The Bertz CT molecular complexity index is 684. The number of anilines is 1. The average Bonchev–Trinajstić information content (AvgIpc) is 2.89. The number of nitrogens with zero attached hydrogens (tertiary/aromatic N) is 3. The van der Waals surface area contributed by atoms with Gasteiger partial charge in [0.1, 0.15) is 17.5 Å². The Balaban J connectivity index is 2.05. The molecule has 0 aliphatic carbocycles. The van der Waals surface area contributed by atoms with Crippen LogP contribution in [0.3, 0.4) is 0 Å². The van der Waals surface area contributed by atoms with Crippen molar-refractivity contribution < 1.29 is 13.2 Å². The zero-order chi connectivity index (χ0) is 15.0. The minimum Gasteiger partial charge on any atom is -0.362 e. The second-order valence-electron chi connectivity index (χ2n) is 4.86. The van der Waals surface area contributed by atoms with E-state index < -0.39 is 18.3 Å². The number of hydrogen-bond acceptors (Lipinski definition) is 3. The van der Waals surface area contributed by atoms with Gasteiger partial charge in [0.25, 0.3) is 0 Å². The Kier molecular flexibility index (Phi) is 3.09. The first-order valence-electron chi connectivity index (χ1n) is 6.36. The molecule has 0 saturated heterocycles. The van der Waals surface area contributed by atoms with Crippen LogP contribution in [0, 0.1) is 11.3 Å². The smallest absolute Gasteiger partial charge is 0.362 e. The molecular formula is C14H11F3N4. The molecular weight excluding hydrogens is 281 g/mol. The van der Waals surface area contributed by atoms with E-state index in [0.29, 0.717) is 0 Å². The third-order valence-corrected chi connectivity index (χ3v) is 3.56. The van der Waals surface area contributed by atoms with E-state index in [4.69, 9.17) is 5.26 Å². The van der Waals surface area contributed by atoms with Crippen LogP contribution in [-0.4, -0.2) is 16.0 Å². The third kappa shape index (κ3) is 2.33. The summed E-state index contributed by atoms with van der Waals surface area (Å²) in [6.07, 6.45) is -3.41. The number of halogens is 3. The van der Waals surface area contributed by atoms with Crippen LogP contribution in [0.2, 0.25) is 0 Å². The molecule has 2 heterocycles. The van der Waals surface area contributed by atoms with Crippen molar-refractivity contribution in [3.8, 4) is 6.07 Å². The first-order chi connectivity index (χ1) is 10.0. The molecule has 4 nitrogen and oxygen atoms in total. The third-order valence-electron chi connectivity index (χ3n) is 3.56. The summed E-state index contributed by atoms with van der Waals surface area (Å²) in [5, 5.41) is 15.7. The van der Waals surface area contributed by atoms with Crippen LogP contribution in [0.25, 0.3) is 0 Å². The molecule has 2 atom stereocenters.